The lowest BCUT2D eigenvalue weighted by molar-refractivity contribution is 0.199. The molecule has 0 radical (unpaired) electrons. The van der Waals surface area contributed by atoms with Crippen molar-refractivity contribution in [3.05, 3.63) is 23.9 Å². The lowest BCUT2D eigenvalue weighted by Crippen LogP contribution is -1.97. The maximum atomic E-state index is 9.43. The Hall–Kier alpha value is -0.540. The van der Waals surface area contributed by atoms with Crippen molar-refractivity contribution in [3.8, 4) is 0 Å². The molecule has 0 saturated carbocycles. The summed E-state index contributed by atoms with van der Waals surface area (Å²) in [6.45, 7) is 6.22. The molecule has 3 heteroatoms. The van der Waals surface area contributed by atoms with Crippen LogP contribution in [0.15, 0.2) is 23.4 Å². The lowest BCUT2D eigenvalue weighted by atomic mass is 10.2. The summed E-state index contributed by atoms with van der Waals surface area (Å²) in [6.07, 6.45) is 2.56. The minimum atomic E-state index is -0.407. The van der Waals surface area contributed by atoms with E-state index in [1.165, 1.54) is 6.42 Å². The van der Waals surface area contributed by atoms with Crippen molar-refractivity contribution < 1.29 is 5.11 Å². The van der Waals surface area contributed by atoms with Crippen molar-refractivity contribution in [2.75, 3.05) is 5.75 Å². The van der Waals surface area contributed by atoms with Crippen LogP contribution in [0.3, 0.4) is 0 Å². The molecule has 15 heavy (non-hydrogen) atoms. The molecule has 1 aromatic rings. The number of hydrogen-bond acceptors (Lipinski definition) is 3. The molecule has 0 aliphatic carbocycles. The first-order valence-corrected chi connectivity index (χ1v) is 6.38. The van der Waals surface area contributed by atoms with E-state index in [4.69, 9.17) is 0 Å². The highest BCUT2D eigenvalue weighted by molar-refractivity contribution is 7.99. The molecule has 1 rings (SSSR count). The topological polar surface area (TPSA) is 33.1 Å². The average molecular weight is 225 g/mol. The Morgan fingerprint density at radius 3 is 2.80 bits per heavy atom. The highest BCUT2D eigenvalue weighted by atomic mass is 32.2. The van der Waals surface area contributed by atoms with Gasteiger partial charge in [-0.2, -0.15) is 0 Å². The van der Waals surface area contributed by atoms with E-state index in [0.29, 0.717) is 5.92 Å². The van der Waals surface area contributed by atoms with Gasteiger partial charge in [0.25, 0.3) is 0 Å². The van der Waals surface area contributed by atoms with Crippen molar-refractivity contribution in [3.63, 3.8) is 0 Å². The predicted molar refractivity (Wildman–Crippen MR) is 65.0 cm³/mol. The normalized spacial score (nSPS) is 14.9. The van der Waals surface area contributed by atoms with E-state index in [0.717, 1.165) is 16.3 Å². The second-order valence-electron chi connectivity index (χ2n) is 3.93. The number of pyridine rings is 1. The molecule has 2 atom stereocenters. The fourth-order valence-corrected chi connectivity index (χ4v) is 2.15. The van der Waals surface area contributed by atoms with Crippen LogP contribution in [0.4, 0.5) is 0 Å². The highest BCUT2D eigenvalue weighted by Gasteiger charge is 2.05. The third-order valence-electron chi connectivity index (χ3n) is 2.45. The van der Waals surface area contributed by atoms with E-state index in [1.807, 2.05) is 12.1 Å². The van der Waals surface area contributed by atoms with Gasteiger partial charge in [0.2, 0.25) is 0 Å². The van der Waals surface area contributed by atoms with Crippen LogP contribution >= 0.6 is 11.8 Å². The Labute approximate surface area is 96.1 Å². The zero-order valence-corrected chi connectivity index (χ0v) is 10.4. The summed E-state index contributed by atoms with van der Waals surface area (Å²) >= 11 is 1.76. The summed E-state index contributed by atoms with van der Waals surface area (Å²) in [6, 6.07) is 3.83. The van der Waals surface area contributed by atoms with Gasteiger partial charge in [-0.05, 0) is 30.5 Å². The van der Waals surface area contributed by atoms with E-state index in [1.54, 1.807) is 24.9 Å². The largest absolute Gasteiger partial charge is 0.389 e. The summed E-state index contributed by atoms with van der Waals surface area (Å²) in [7, 11) is 0. The van der Waals surface area contributed by atoms with E-state index < -0.39 is 6.10 Å². The van der Waals surface area contributed by atoms with E-state index in [2.05, 4.69) is 18.8 Å². The van der Waals surface area contributed by atoms with Crippen LogP contribution in [0, 0.1) is 5.92 Å². The Balaban J connectivity index is 2.58. The van der Waals surface area contributed by atoms with E-state index in [9.17, 15) is 5.11 Å². The second-order valence-corrected chi connectivity index (χ2v) is 4.97. The van der Waals surface area contributed by atoms with Gasteiger partial charge in [0, 0.05) is 11.9 Å². The highest BCUT2D eigenvalue weighted by Crippen LogP contribution is 2.22. The van der Waals surface area contributed by atoms with Gasteiger partial charge in [0.1, 0.15) is 0 Å². The number of rotatable bonds is 5. The van der Waals surface area contributed by atoms with Crippen molar-refractivity contribution in [1.82, 2.24) is 4.98 Å². The molecule has 0 fully saturated rings. The molecule has 0 bridgehead atoms. The first-order valence-electron chi connectivity index (χ1n) is 5.40. The molecule has 84 valence electrons. The van der Waals surface area contributed by atoms with Gasteiger partial charge in [-0.3, -0.25) is 0 Å². The minimum Gasteiger partial charge on any atom is -0.389 e. The third-order valence-corrected chi connectivity index (χ3v) is 3.71. The number of nitrogens with zero attached hydrogens (tertiary/aromatic N) is 1. The molecule has 2 nitrogen and oxygen atoms in total. The Morgan fingerprint density at radius 1 is 1.47 bits per heavy atom. The third kappa shape index (κ3) is 4.22. The van der Waals surface area contributed by atoms with Crippen LogP contribution in [0.1, 0.15) is 38.9 Å². The molecule has 1 heterocycles. The van der Waals surface area contributed by atoms with Gasteiger partial charge < -0.3 is 5.11 Å². The van der Waals surface area contributed by atoms with Crippen molar-refractivity contribution in [2.45, 2.75) is 38.3 Å². The second kappa shape index (κ2) is 6.13. The van der Waals surface area contributed by atoms with Crippen molar-refractivity contribution in [2.24, 2.45) is 5.92 Å². The fraction of sp³-hybridized carbons (Fsp3) is 0.583. The van der Waals surface area contributed by atoms with Crippen LogP contribution in [0.5, 0.6) is 0 Å². The maximum absolute atomic E-state index is 9.43. The van der Waals surface area contributed by atoms with Gasteiger partial charge in [-0.15, -0.1) is 11.8 Å². The Morgan fingerprint density at radius 2 is 2.20 bits per heavy atom. The minimum absolute atomic E-state index is 0.407. The van der Waals surface area contributed by atoms with Crippen LogP contribution in [-0.2, 0) is 0 Å². The van der Waals surface area contributed by atoms with Crippen molar-refractivity contribution >= 4 is 11.8 Å². The molecule has 1 unspecified atom stereocenters. The van der Waals surface area contributed by atoms with Crippen LogP contribution in [-0.4, -0.2) is 15.8 Å². The first-order chi connectivity index (χ1) is 7.13. The van der Waals surface area contributed by atoms with Crippen LogP contribution in [0.25, 0.3) is 0 Å². The van der Waals surface area contributed by atoms with Gasteiger partial charge in [0.05, 0.1) is 11.1 Å². The van der Waals surface area contributed by atoms with Crippen molar-refractivity contribution in [1.29, 1.82) is 0 Å². The molecular formula is C12H19NOS. The van der Waals surface area contributed by atoms with Crippen LogP contribution < -0.4 is 0 Å². The number of aromatic nitrogens is 1. The van der Waals surface area contributed by atoms with E-state index in [-0.39, 0.29) is 0 Å². The lowest BCUT2D eigenvalue weighted by Gasteiger charge is -2.09. The molecule has 0 aromatic carbocycles. The smallest absolute Gasteiger partial charge is 0.0963 e. The molecular weight excluding hydrogens is 206 g/mol. The van der Waals surface area contributed by atoms with Crippen LogP contribution in [0.2, 0.25) is 0 Å². The summed E-state index contributed by atoms with van der Waals surface area (Å²) < 4.78 is 0. The zero-order chi connectivity index (χ0) is 11.3. The fourth-order valence-electron chi connectivity index (χ4n) is 1.11. The molecule has 1 aromatic heterocycles. The standard InChI is InChI=1S/C12H19NOS/c1-4-9(2)8-15-12-7-11(10(3)14)5-6-13-12/h5-7,9-10,14H,4,8H2,1-3H3/t9?,10-/m0/s1. The summed E-state index contributed by atoms with van der Waals surface area (Å²) in [4.78, 5) is 4.28. The molecule has 0 aliphatic rings. The summed E-state index contributed by atoms with van der Waals surface area (Å²) in [5.41, 5.74) is 0.941. The number of thioether (sulfide) groups is 1. The Bertz CT molecular complexity index is 301. The SMILES string of the molecule is CCC(C)CSc1cc([C@H](C)O)ccn1. The number of aliphatic hydroxyl groups is 1. The van der Waals surface area contributed by atoms with E-state index >= 15 is 0 Å². The number of hydrogen-bond donors (Lipinski definition) is 1. The Kier molecular flexibility index (Phi) is 5.12. The number of aliphatic hydroxyl groups excluding tert-OH is 1. The molecule has 0 saturated heterocycles. The molecule has 0 aliphatic heterocycles. The van der Waals surface area contributed by atoms with Gasteiger partial charge >= 0.3 is 0 Å². The predicted octanol–water partition coefficient (Wildman–Crippen LogP) is 3.27. The average Bonchev–Trinajstić information content (AvgIpc) is 2.26. The summed E-state index contributed by atoms with van der Waals surface area (Å²) in [5.74, 6) is 1.80. The molecule has 0 spiro atoms. The summed E-state index contributed by atoms with van der Waals surface area (Å²) in [5, 5.41) is 10.4. The zero-order valence-electron chi connectivity index (χ0n) is 9.60. The first kappa shape index (κ1) is 12.5. The monoisotopic (exact) mass is 225 g/mol. The van der Waals surface area contributed by atoms with Gasteiger partial charge in [-0.25, -0.2) is 4.98 Å². The van der Waals surface area contributed by atoms with Gasteiger partial charge in [-0.1, -0.05) is 20.3 Å². The molecule has 1 N–H and O–H groups in total. The van der Waals surface area contributed by atoms with Gasteiger partial charge in [0.15, 0.2) is 0 Å². The molecule has 0 amide bonds. The quantitative estimate of drug-likeness (QED) is 0.781. The maximum Gasteiger partial charge on any atom is 0.0963 e.